The van der Waals surface area contributed by atoms with E-state index in [4.69, 9.17) is 17.0 Å². The van der Waals surface area contributed by atoms with Gasteiger partial charge in [-0.05, 0) is 41.2 Å². The second kappa shape index (κ2) is 8.40. The number of ether oxygens (including phenoxy) is 1. The number of fused-ring (bicyclic) bond motifs is 1. The Morgan fingerprint density at radius 2 is 1.86 bits per heavy atom. The Hall–Kier alpha value is -3.59. The first-order valence-corrected chi connectivity index (χ1v) is 8.49. The predicted octanol–water partition coefficient (Wildman–Crippen LogP) is 3.78. The number of nitro groups is 1. The molecule has 142 valence electrons. The Morgan fingerprint density at radius 3 is 2.61 bits per heavy atom. The standard InChI is InChI=1S/C19H14FN3O4S/c20-16-8-6-14(23(25)26)10-17(16)21-19(28)22-18(24)11-27-15-7-5-12-3-1-2-4-13(12)9-15/h1-10H,11H2,(H2,21,22,24,28). The van der Waals surface area contributed by atoms with E-state index in [-0.39, 0.29) is 23.1 Å². The van der Waals surface area contributed by atoms with E-state index in [1.165, 1.54) is 0 Å². The molecule has 1 amide bonds. The molecule has 0 radical (unpaired) electrons. The molecule has 0 unspecified atom stereocenters. The highest BCUT2D eigenvalue weighted by atomic mass is 32.1. The topological polar surface area (TPSA) is 93.5 Å². The Balaban J connectivity index is 1.56. The molecular formula is C19H14FN3O4S. The van der Waals surface area contributed by atoms with Gasteiger partial charge in [0, 0.05) is 12.1 Å². The van der Waals surface area contributed by atoms with Crippen LogP contribution in [0.5, 0.6) is 5.75 Å². The molecule has 9 heteroatoms. The lowest BCUT2D eigenvalue weighted by Crippen LogP contribution is -2.37. The molecule has 3 aromatic carbocycles. The summed E-state index contributed by atoms with van der Waals surface area (Å²) in [5.74, 6) is -0.788. The molecule has 0 aliphatic carbocycles. The lowest BCUT2D eigenvalue weighted by molar-refractivity contribution is -0.384. The van der Waals surface area contributed by atoms with Crippen LogP contribution >= 0.6 is 12.2 Å². The van der Waals surface area contributed by atoms with Gasteiger partial charge in [0.2, 0.25) is 0 Å². The van der Waals surface area contributed by atoms with E-state index >= 15 is 0 Å². The van der Waals surface area contributed by atoms with E-state index < -0.39 is 16.6 Å². The van der Waals surface area contributed by atoms with Gasteiger partial charge in [-0.15, -0.1) is 0 Å². The summed E-state index contributed by atoms with van der Waals surface area (Å²) in [6.07, 6.45) is 0. The van der Waals surface area contributed by atoms with Gasteiger partial charge in [0.05, 0.1) is 10.6 Å². The molecule has 0 bridgehead atoms. The van der Waals surface area contributed by atoms with Crippen molar-refractivity contribution in [2.75, 3.05) is 11.9 Å². The quantitative estimate of drug-likeness (QED) is 0.385. The second-order valence-electron chi connectivity index (χ2n) is 5.72. The van der Waals surface area contributed by atoms with Gasteiger partial charge >= 0.3 is 0 Å². The highest BCUT2D eigenvalue weighted by Gasteiger charge is 2.13. The number of nitro benzene ring substituents is 1. The molecule has 3 rings (SSSR count). The van der Waals surface area contributed by atoms with Crippen LogP contribution in [0.25, 0.3) is 10.8 Å². The summed E-state index contributed by atoms with van der Waals surface area (Å²) in [7, 11) is 0. The summed E-state index contributed by atoms with van der Waals surface area (Å²) < 4.78 is 19.2. The fourth-order valence-electron chi connectivity index (χ4n) is 2.44. The number of nitrogens with zero attached hydrogens (tertiary/aromatic N) is 1. The second-order valence-corrected chi connectivity index (χ2v) is 6.13. The minimum absolute atomic E-state index is 0.202. The Kier molecular flexibility index (Phi) is 5.75. The predicted molar refractivity (Wildman–Crippen MR) is 107 cm³/mol. The molecule has 2 N–H and O–H groups in total. The van der Waals surface area contributed by atoms with Crippen molar-refractivity contribution in [1.29, 1.82) is 0 Å². The minimum Gasteiger partial charge on any atom is -0.484 e. The zero-order valence-electron chi connectivity index (χ0n) is 14.3. The first kappa shape index (κ1) is 19.2. The smallest absolute Gasteiger partial charge is 0.271 e. The van der Waals surface area contributed by atoms with Gasteiger partial charge in [-0.1, -0.05) is 30.3 Å². The van der Waals surface area contributed by atoms with Crippen LogP contribution in [0.4, 0.5) is 15.8 Å². The zero-order chi connectivity index (χ0) is 20.1. The number of benzene rings is 3. The number of thiocarbonyl (C=S) groups is 1. The van der Waals surface area contributed by atoms with Crippen LogP contribution in [0, 0.1) is 15.9 Å². The molecule has 3 aromatic rings. The molecule has 7 nitrogen and oxygen atoms in total. The summed E-state index contributed by atoms with van der Waals surface area (Å²) in [6.45, 7) is -0.308. The van der Waals surface area contributed by atoms with Crippen LogP contribution in [0.15, 0.2) is 60.7 Å². The highest BCUT2D eigenvalue weighted by Crippen LogP contribution is 2.22. The zero-order valence-corrected chi connectivity index (χ0v) is 15.2. The largest absolute Gasteiger partial charge is 0.484 e. The van der Waals surface area contributed by atoms with Gasteiger partial charge in [-0.2, -0.15) is 0 Å². The maximum Gasteiger partial charge on any atom is 0.271 e. The fourth-order valence-corrected chi connectivity index (χ4v) is 2.67. The van der Waals surface area contributed by atoms with Crippen LogP contribution in [0.1, 0.15) is 0 Å². The van der Waals surface area contributed by atoms with Gasteiger partial charge < -0.3 is 10.1 Å². The fraction of sp³-hybridized carbons (Fsp3) is 0.0526. The Bertz CT molecular complexity index is 1070. The first-order chi connectivity index (χ1) is 13.4. The maximum absolute atomic E-state index is 13.7. The van der Waals surface area contributed by atoms with Crippen LogP contribution in [-0.2, 0) is 4.79 Å². The van der Waals surface area contributed by atoms with Gasteiger partial charge in [-0.3, -0.25) is 20.2 Å². The molecule has 0 aliphatic rings. The van der Waals surface area contributed by atoms with Crippen molar-refractivity contribution in [3.8, 4) is 5.75 Å². The van der Waals surface area contributed by atoms with E-state index in [9.17, 15) is 19.3 Å². The number of rotatable bonds is 5. The first-order valence-electron chi connectivity index (χ1n) is 8.09. The van der Waals surface area contributed by atoms with Crippen LogP contribution in [0.2, 0.25) is 0 Å². The van der Waals surface area contributed by atoms with Crippen molar-refractivity contribution in [2.45, 2.75) is 0 Å². The summed E-state index contributed by atoms with van der Waals surface area (Å²) in [5.41, 5.74) is -0.521. The van der Waals surface area contributed by atoms with E-state index in [2.05, 4.69) is 10.6 Å². The van der Waals surface area contributed by atoms with Gasteiger partial charge in [0.15, 0.2) is 11.7 Å². The Labute approximate surface area is 164 Å². The van der Waals surface area contributed by atoms with E-state index in [1.807, 2.05) is 30.3 Å². The number of hydrogen-bond donors (Lipinski definition) is 2. The van der Waals surface area contributed by atoms with Gasteiger partial charge in [0.25, 0.3) is 11.6 Å². The van der Waals surface area contributed by atoms with Crippen molar-refractivity contribution < 1.29 is 18.8 Å². The van der Waals surface area contributed by atoms with Crippen LogP contribution in [-0.4, -0.2) is 22.5 Å². The molecule has 0 saturated heterocycles. The van der Waals surface area contributed by atoms with Crippen LogP contribution < -0.4 is 15.4 Å². The number of hydrogen-bond acceptors (Lipinski definition) is 5. The summed E-state index contributed by atoms with van der Waals surface area (Å²) in [5, 5.41) is 17.3. The molecule has 0 atom stereocenters. The molecular weight excluding hydrogens is 385 g/mol. The minimum atomic E-state index is -0.741. The molecule has 28 heavy (non-hydrogen) atoms. The lowest BCUT2D eigenvalue weighted by atomic mass is 10.1. The number of anilines is 1. The molecule has 0 fully saturated rings. The third kappa shape index (κ3) is 4.77. The SMILES string of the molecule is O=C(COc1ccc2ccccc2c1)NC(=S)Nc1cc([N+](=O)[O-])ccc1F. The van der Waals surface area contributed by atoms with Crippen molar-refractivity contribution in [2.24, 2.45) is 0 Å². The van der Waals surface area contributed by atoms with Crippen LogP contribution in [0.3, 0.4) is 0 Å². The molecule has 0 heterocycles. The number of non-ortho nitro benzene ring substituents is 1. The average Bonchev–Trinajstić information content (AvgIpc) is 2.67. The molecule has 0 aromatic heterocycles. The third-order valence-electron chi connectivity index (χ3n) is 3.75. The Morgan fingerprint density at radius 1 is 1.11 bits per heavy atom. The maximum atomic E-state index is 13.7. The molecule has 0 aliphatic heterocycles. The van der Waals surface area contributed by atoms with E-state index in [0.29, 0.717) is 5.75 Å². The summed E-state index contributed by atoms with van der Waals surface area (Å²) in [4.78, 5) is 22.1. The van der Waals surface area contributed by atoms with E-state index in [1.54, 1.807) is 12.1 Å². The van der Waals surface area contributed by atoms with Gasteiger partial charge in [0.1, 0.15) is 11.6 Å². The highest BCUT2D eigenvalue weighted by molar-refractivity contribution is 7.80. The molecule has 0 saturated carbocycles. The number of carbonyl (C=O) groups excluding carboxylic acids is 1. The van der Waals surface area contributed by atoms with Crippen molar-refractivity contribution >= 4 is 45.4 Å². The monoisotopic (exact) mass is 399 g/mol. The van der Waals surface area contributed by atoms with E-state index in [0.717, 1.165) is 29.0 Å². The summed E-state index contributed by atoms with van der Waals surface area (Å²) >= 11 is 4.94. The average molecular weight is 399 g/mol. The normalized spacial score (nSPS) is 10.3. The van der Waals surface area contributed by atoms with Crippen molar-refractivity contribution in [3.05, 3.63) is 76.6 Å². The van der Waals surface area contributed by atoms with Crippen molar-refractivity contribution in [3.63, 3.8) is 0 Å². The number of amides is 1. The number of halogens is 1. The number of carbonyl (C=O) groups is 1. The van der Waals surface area contributed by atoms with Gasteiger partial charge in [-0.25, -0.2) is 4.39 Å². The summed E-state index contributed by atoms with van der Waals surface area (Å²) in [6, 6.07) is 16.1. The van der Waals surface area contributed by atoms with Crippen molar-refractivity contribution in [1.82, 2.24) is 5.32 Å². The third-order valence-corrected chi connectivity index (χ3v) is 3.96. The lowest BCUT2D eigenvalue weighted by Gasteiger charge is -2.11. The number of nitrogens with one attached hydrogen (secondary N) is 2. The molecule has 0 spiro atoms.